The van der Waals surface area contributed by atoms with Crippen molar-refractivity contribution in [1.82, 2.24) is 10.2 Å². The Labute approximate surface area is 105 Å². The minimum absolute atomic E-state index is 0.138. The van der Waals surface area contributed by atoms with Crippen molar-refractivity contribution in [2.45, 2.75) is 45.7 Å². The Kier molecular flexibility index (Phi) is 5.92. The number of rotatable bonds is 5. The van der Waals surface area contributed by atoms with Crippen molar-refractivity contribution in [2.24, 2.45) is 5.92 Å². The normalized spacial score (nSPS) is 27.8. The smallest absolute Gasteiger partial charge is 0.324 e. The van der Waals surface area contributed by atoms with E-state index in [1.807, 2.05) is 14.0 Å². The SMILES string of the molecule is CCOC(=O)C(CN1CC(C)CCC1C)NC. The lowest BCUT2D eigenvalue weighted by molar-refractivity contribution is -0.146. The third-order valence-corrected chi connectivity index (χ3v) is 3.58. The number of likely N-dealkylation sites (tertiary alicyclic amines) is 1. The summed E-state index contributed by atoms with van der Waals surface area (Å²) in [5.41, 5.74) is 0. The Morgan fingerprint density at radius 2 is 2.18 bits per heavy atom. The number of hydrogen-bond acceptors (Lipinski definition) is 4. The van der Waals surface area contributed by atoms with E-state index in [4.69, 9.17) is 4.74 Å². The van der Waals surface area contributed by atoms with Gasteiger partial charge in [0.15, 0.2) is 0 Å². The largest absolute Gasteiger partial charge is 0.465 e. The van der Waals surface area contributed by atoms with Gasteiger partial charge < -0.3 is 10.1 Å². The maximum atomic E-state index is 11.7. The number of hydrogen-bond donors (Lipinski definition) is 1. The summed E-state index contributed by atoms with van der Waals surface area (Å²) >= 11 is 0. The van der Waals surface area contributed by atoms with Gasteiger partial charge in [-0.05, 0) is 39.7 Å². The Morgan fingerprint density at radius 1 is 1.47 bits per heavy atom. The molecule has 1 N–H and O–H groups in total. The van der Waals surface area contributed by atoms with Crippen molar-refractivity contribution < 1.29 is 9.53 Å². The zero-order chi connectivity index (χ0) is 12.8. The molecule has 1 rings (SSSR count). The predicted octanol–water partition coefficient (Wildman–Crippen LogP) is 1.26. The van der Waals surface area contributed by atoms with Crippen LogP contribution in [0.1, 0.15) is 33.6 Å². The number of nitrogens with zero attached hydrogens (tertiary/aromatic N) is 1. The van der Waals surface area contributed by atoms with Crippen LogP contribution in [0.4, 0.5) is 0 Å². The predicted molar refractivity (Wildman–Crippen MR) is 68.9 cm³/mol. The minimum atomic E-state index is -0.206. The maximum Gasteiger partial charge on any atom is 0.324 e. The van der Waals surface area contributed by atoms with Gasteiger partial charge in [0.25, 0.3) is 0 Å². The van der Waals surface area contributed by atoms with Gasteiger partial charge >= 0.3 is 5.97 Å². The highest BCUT2D eigenvalue weighted by Crippen LogP contribution is 2.21. The molecule has 17 heavy (non-hydrogen) atoms. The second-order valence-corrected chi connectivity index (χ2v) is 5.08. The highest BCUT2D eigenvalue weighted by Gasteiger charge is 2.27. The number of esters is 1. The molecule has 0 amide bonds. The van der Waals surface area contributed by atoms with E-state index in [1.54, 1.807) is 0 Å². The van der Waals surface area contributed by atoms with Crippen molar-refractivity contribution in [2.75, 3.05) is 26.7 Å². The first kappa shape index (κ1) is 14.5. The van der Waals surface area contributed by atoms with Crippen LogP contribution in [0, 0.1) is 5.92 Å². The molecule has 0 bridgehead atoms. The van der Waals surface area contributed by atoms with Gasteiger partial charge in [-0.1, -0.05) is 6.92 Å². The summed E-state index contributed by atoms with van der Waals surface area (Å²) in [6.07, 6.45) is 2.52. The van der Waals surface area contributed by atoms with Crippen molar-refractivity contribution in [3.05, 3.63) is 0 Å². The minimum Gasteiger partial charge on any atom is -0.465 e. The summed E-state index contributed by atoms with van der Waals surface area (Å²) < 4.78 is 5.07. The van der Waals surface area contributed by atoms with Crippen LogP contribution in [0.25, 0.3) is 0 Å². The van der Waals surface area contributed by atoms with E-state index in [0.717, 1.165) is 19.0 Å². The first-order valence-corrected chi connectivity index (χ1v) is 6.66. The Morgan fingerprint density at radius 3 is 2.76 bits per heavy atom. The molecule has 3 unspecified atom stereocenters. The van der Waals surface area contributed by atoms with E-state index in [0.29, 0.717) is 12.6 Å². The molecule has 1 heterocycles. The molecule has 0 saturated carbocycles. The van der Waals surface area contributed by atoms with Crippen LogP contribution in [-0.2, 0) is 9.53 Å². The van der Waals surface area contributed by atoms with Crippen LogP contribution in [-0.4, -0.2) is 49.7 Å². The highest BCUT2D eigenvalue weighted by atomic mass is 16.5. The second-order valence-electron chi connectivity index (χ2n) is 5.08. The number of carbonyl (C=O) groups is 1. The van der Waals surface area contributed by atoms with Crippen LogP contribution in [0.2, 0.25) is 0 Å². The summed E-state index contributed by atoms with van der Waals surface area (Å²) in [4.78, 5) is 14.1. The molecule has 0 aromatic carbocycles. The lowest BCUT2D eigenvalue weighted by atomic mass is 9.94. The van der Waals surface area contributed by atoms with Crippen molar-refractivity contribution in [1.29, 1.82) is 0 Å². The Bertz CT molecular complexity index is 246. The quantitative estimate of drug-likeness (QED) is 0.737. The number of likely N-dealkylation sites (N-methyl/N-ethyl adjacent to an activating group) is 1. The topological polar surface area (TPSA) is 41.6 Å². The van der Waals surface area contributed by atoms with E-state index < -0.39 is 0 Å². The molecule has 0 aromatic rings. The molecule has 0 radical (unpaired) electrons. The fourth-order valence-electron chi connectivity index (χ4n) is 2.40. The Hall–Kier alpha value is -0.610. The van der Waals surface area contributed by atoms with Crippen molar-refractivity contribution in [3.8, 4) is 0 Å². The van der Waals surface area contributed by atoms with Crippen molar-refractivity contribution >= 4 is 5.97 Å². The van der Waals surface area contributed by atoms with Gasteiger partial charge in [0.05, 0.1) is 6.61 Å². The van der Waals surface area contributed by atoms with Crippen LogP contribution >= 0.6 is 0 Å². The van der Waals surface area contributed by atoms with Crippen LogP contribution in [0.5, 0.6) is 0 Å². The molecule has 1 aliphatic rings. The molecule has 0 aromatic heterocycles. The van der Waals surface area contributed by atoms with Crippen LogP contribution in [0.3, 0.4) is 0 Å². The number of carbonyl (C=O) groups excluding carboxylic acids is 1. The summed E-state index contributed by atoms with van der Waals surface area (Å²) in [7, 11) is 1.82. The third-order valence-electron chi connectivity index (χ3n) is 3.58. The summed E-state index contributed by atoms with van der Waals surface area (Å²) in [6.45, 7) is 8.64. The standard InChI is InChI=1S/C13H26N2O2/c1-5-17-13(16)12(14-4)9-15-8-10(2)6-7-11(15)3/h10-12,14H,5-9H2,1-4H3. The summed E-state index contributed by atoms with van der Waals surface area (Å²) in [5.74, 6) is 0.589. The van der Waals surface area contributed by atoms with E-state index in [-0.39, 0.29) is 12.0 Å². The average Bonchev–Trinajstić information content (AvgIpc) is 2.30. The number of piperidine rings is 1. The summed E-state index contributed by atoms with van der Waals surface area (Å²) in [6, 6.07) is 0.360. The number of nitrogens with one attached hydrogen (secondary N) is 1. The fraction of sp³-hybridized carbons (Fsp3) is 0.923. The molecule has 1 aliphatic heterocycles. The van der Waals surface area contributed by atoms with Gasteiger partial charge in [-0.2, -0.15) is 0 Å². The highest BCUT2D eigenvalue weighted by molar-refractivity contribution is 5.76. The lowest BCUT2D eigenvalue weighted by Crippen LogP contribution is -2.51. The monoisotopic (exact) mass is 242 g/mol. The van der Waals surface area contributed by atoms with Crippen LogP contribution in [0.15, 0.2) is 0 Å². The molecule has 1 saturated heterocycles. The Balaban J connectivity index is 2.51. The molecule has 1 fully saturated rings. The van der Waals surface area contributed by atoms with Gasteiger partial charge in [0, 0.05) is 19.1 Å². The lowest BCUT2D eigenvalue weighted by Gasteiger charge is -2.38. The van der Waals surface area contributed by atoms with E-state index in [2.05, 4.69) is 24.1 Å². The first-order chi connectivity index (χ1) is 8.08. The van der Waals surface area contributed by atoms with Gasteiger partial charge in [0.1, 0.15) is 6.04 Å². The zero-order valence-electron chi connectivity index (χ0n) is 11.5. The van der Waals surface area contributed by atoms with Gasteiger partial charge in [-0.15, -0.1) is 0 Å². The van der Waals surface area contributed by atoms with Crippen LogP contribution < -0.4 is 5.32 Å². The molecular weight excluding hydrogens is 216 g/mol. The second kappa shape index (κ2) is 6.97. The summed E-state index contributed by atoms with van der Waals surface area (Å²) in [5, 5.41) is 3.05. The van der Waals surface area contributed by atoms with E-state index in [1.165, 1.54) is 12.8 Å². The average molecular weight is 242 g/mol. The molecule has 0 aliphatic carbocycles. The van der Waals surface area contributed by atoms with Gasteiger partial charge in [-0.3, -0.25) is 9.69 Å². The molecular formula is C13H26N2O2. The molecule has 0 spiro atoms. The first-order valence-electron chi connectivity index (χ1n) is 6.66. The number of ether oxygens (including phenoxy) is 1. The van der Waals surface area contributed by atoms with Gasteiger partial charge in [0.2, 0.25) is 0 Å². The van der Waals surface area contributed by atoms with Crippen molar-refractivity contribution in [3.63, 3.8) is 0 Å². The molecule has 4 nitrogen and oxygen atoms in total. The molecule has 4 heteroatoms. The van der Waals surface area contributed by atoms with E-state index >= 15 is 0 Å². The van der Waals surface area contributed by atoms with E-state index in [9.17, 15) is 4.79 Å². The van der Waals surface area contributed by atoms with Gasteiger partial charge in [-0.25, -0.2) is 0 Å². The molecule has 100 valence electrons. The molecule has 3 atom stereocenters. The maximum absolute atomic E-state index is 11.7. The third kappa shape index (κ3) is 4.28. The zero-order valence-corrected chi connectivity index (χ0v) is 11.5. The fourth-order valence-corrected chi connectivity index (χ4v) is 2.40.